The molecule has 5 atom stereocenters. The summed E-state index contributed by atoms with van der Waals surface area (Å²) in [5.74, 6) is 0.370. The maximum atomic E-state index is 11.6. The Morgan fingerprint density at radius 2 is 2.00 bits per heavy atom. The summed E-state index contributed by atoms with van der Waals surface area (Å²) in [4.78, 5) is 13.2. The lowest BCUT2D eigenvalue weighted by Gasteiger charge is -2.21. The third kappa shape index (κ3) is 8.89. The van der Waals surface area contributed by atoms with Crippen LogP contribution in [0.25, 0.3) is 0 Å². The van der Waals surface area contributed by atoms with Crippen molar-refractivity contribution >= 4 is 5.91 Å². The van der Waals surface area contributed by atoms with Gasteiger partial charge in [0.1, 0.15) is 0 Å². The van der Waals surface area contributed by atoms with E-state index >= 15 is 0 Å². The van der Waals surface area contributed by atoms with Gasteiger partial charge in [0, 0.05) is 40.0 Å². The van der Waals surface area contributed by atoms with Crippen LogP contribution in [0.3, 0.4) is 0 Å². The van der Waals surface area contributed by atoms with Crippen LogP contribution < -0.4 is 0 Å². The topological polar surface area (TPSA) is 70.0 Å². The van der Waals surface area contributed by atoms with Crippen LogP contribution >= 0.6 is 0 Å². The summed E-state index contributed by atoms with van der Waals surface area (Å²) in [6.45, 7) is 2.16. The minimum atomic E-state index is -0.424. The molecule has 1 rings (SSSR count). The second-order valence-electron chi connectivity index (χ2n) is 8.15. The highest BCUT2D eigenvalue weighted by molar-refractivity contribution is 5.75. The Kier molecular flexibility index (Phi) is 12.4. The van der Waals surface area contributed by atoms with Gasteiger partial charge in [0.2, 0.25) is 5.91 Å². The molecular weight excluding hydrogens is 354 g/mol. The van der Waals surface area contributed by atoms with Gasteiger partial charge in [-0.2, -0.15) is 0 Å². The quantitative estimate of drug-likeness (QED) is 0.368. The first kappa shape index (κ1) is 24.9. The highest BCUT2D eigenvalue weighted by atomic mass is 16.5. The smallest absolute Gasteiger partial charge is 0.222 e. The molecule has 1 aliphatic rings. The van der Waals surface area contributed by atoms with E-state index in [1.54, 1.807) is 26.1 Å². The molecule has 0 aromatic rings. The lowest BCUT2D eigenvalue weighted by Crippen LogP contribution is -2.21. The third-order valence-corrected chi connectivity index (χ3v) is 5.69. The number of aliphatic hydroxyl groups excluding tert-OH is 2. The van der Waals surface area contributed by atoms with Crippen molar-refractivity contribution in [2.75, 3.05) is 21.2 Å². The fourth-order valence-electron chi connectivity index (χ4n) is 3.86. The van der Waals surface area contributed by atoms with Crippen molar-refractivity contribution in [1.29, 1.82) is 0 Å². The summed E-state index contributed by atoms with van der Waals surface area (Å²) < 4.78 is 5.59. The van der Waals surface area contributed by atoms with Gasteiger partial charge in [-0.1, -0.05) is 50.5 Å². The average Bonchev–Trinajstić information content (AvgIpc) is 2.97. The molecule has 1 amide bonds. The van der Waals surface area contributed by atoms with Gasteiger partial charge in [-0.25, -0.2) is 0 Å². The van der Waals surface area contributed by atoms with Crippen molar-refractivity contribution in [2.24, 2.45) is 11.8 Å². The maximum absolute atomic E-state index is 11.6. The zero-order chi connectivity index (χ0) is 20.9. The minimum Gasteiger partial charge on any atom is -0.393 e. The molecule has 1 aliphatic carbocycles. The zero-order valence-electron chi connectivity index (χ0n) is 18.2. The van der Waals surface area contributed by atoms with Crippen molar-refractivity contribution in [3.05, 3.63) is 24.3 Å². The zero-order valence-corrected chi connectivity index (χ0v) is 18.2. The lowest BCUT2D eigenvalue weighted by molar-refractivity contribution is -0.128. The monoisotopic (exact) mass is 395 g/mol. The molecule has 2 N–H and O–H groups in total. The second kappa shape index (κ2) is 13.9. The van der Waals surface area contributed by atoms with Gasteiger partial charge in [0.25, 0.3) is 0 Å². The number of hydrogen-bond acceptors (Lipinski definition) is 4. The van der Waals surface area contributed by atoms with Crippen molar-refractivity contribution in [3.63, 3.8) is 0 Å². The molecule has 0 bridgehead atoms. The predicted molar refractivity (Wildman–Crippen MR) is 114 cm³/mol. The summed E-state index contributed by atoms with van der Waals surface area (Å²) in [5.41, 5.74) is 0. The van der Waals surface area contributed by atoms with Gasteiger partial charge in [-0.15, -0.1) is 0 Å². The summed E-state index contributed by atoms with van der Waals surface area (Å²) >= 11 is 0. The Balaban J connectivity index is 2.52. The molecule has 5 nitrogen and oxygen atoms in total. The molecule has 0 spiro atoms. The van der Waals surface area contributed by atoms with E-state index in [0.29, 0.717) is 12.8 Å². The van der Waals surface area contributed by atoms with Gasteiger partial charge in [-0.3, -0.25) is 4.79 Å². The first-order chi connectivity index (χ1) is 13.4. The molecule has 5 unspecified atom stereocenters. The molecule has 5 heteroatoms. The SMILES string of the molecule is CCCCCC(O)C=CC1C(OC)CC(O)C1CC=CCCCC(=O)N(C)C. The van der Waals surface area contributed by atoms with E-state index in [4.69, 9.17) is 4.74 Å². The molecule has 0 saturated heterocycles. The number of hydrogen-bond donors (Lipinski definition) is 2. The highest BCUT2D eigenvalue weighted by Gasteiger charge is 2.40. The number of methoxy groups -OCH3 is 1. The van der Waals surface area contributed by atoms with Crippen LogP contribution in [0.5, 0.6) is 0 Å². The molecule has 0 aromatic carbocycles. The standard InChI is InChI=1S/C23H41NO4/c1-5-6-9-12-18(25)15-16-20-19(21(26)17-22(20)28-4)13-10-7-8-11-14-23(27)24(2)3/h7,10,15-16,18-22,25-26H,5-6,8-9,11-14,17H2,1-4H3. The summed E-state index contributed by atoms with van der Waals surface area (Å²) in [5, 5.41) is 20.6. The normalized spacial score (nSPS) is 26.4. The van der Waals surface area contributed by atoms with Crippen LogP contribution in [0.15, 0.2) is 24.3 Å². The van der Waals surface area contributed by atoms with Crippen molar-refractivity contribution < 1.29 is 19.7 Å². The Morgan fingerprint density at radius 3 is 2.64 bits per heavy atom. The van der Waals surface area contributed by atoms with Crippen molar-refractivity contribution in [2.45, 2.75) is 83.0 Å². The number of rotatable bonds is 13. The Morgan fingerprint density at radius 1 is 1.25 bits per heavy atom. The van der Waals surface area contributed by atoms with Gasteiger partial charge >= 0.3 is 0 Å². The molecule has 1 fully saturated rings. The highest BCUT2D eigenvalue weighted by Crippen LogP contribution is 2.38. The van der Waals surface area contributed by atoms with E-state index < -0.39 is 12.2 Å². The molecular formula is C23H41NO4. The number of nitrogens with zero attached hydrogens (tertiary/aromatic N) is 1. The second-order valence-corrected chi connectivity index (χ2v) is 8.15. The van der Waals surface area contributed by atoms with Gasteiger partial charge in [0.05, 0.1) is 18.3 Å². The molecule has 1 saturated carbocycles. The van der Waals surface area contributed by atoms with Crippen molar-refractivity contribution in [3.8, 4) is 0 Å². The minimum absolute atomic E-state index is 0.00907. The summed E-state index contributed by atoms with van der Waals surface area (Å²) in [6, 6.07) is 0. The van der Waals surface area contributed by atoms with E-state index in [0.717, 1.165) is 44.9 Å². The molecule has 0 heterocycles. The van der Waals surface area contributed by atoms with E-state index in [2.05, 4.69) is 25.2 Å². The number of unbranched alkanes of at least 4 members (excludes halogenated alkanes) is 3. The van der Waals surface area contributed by atoms with E-state index in [1.165, 1.54) is 0 Å². The summed E-state index contributed by atoms with van der Waals surface area (Å²) in [6.07, 6.45) is 15.1. The van der Waals surface area contributed by atoms with Crippen LogP contribution in [0, 0.1) is 11.8 Å². The summed E-state index contributed by atoms with van der Waals surface area (Å²) in [7, 11) is 5.25. The number of allylic oxidation sites excluding steroid dienone is 2. The Hall–Kier alpha value is -1.17. The number of amides is 1. The van der Waals surface area contributed by atoms with Gasteiger partial charge in [0.15, 0.2) is 0 Å². The van der Waals surface area contributed by atoms with E-state index in [-0.39, 0.29) is 23.8 Å². The number of aliphatic hydroxyl groups is 2. The predicted octanol–water partition coefficient (Wildman–Crippen LogP) is 3.70. The molecule has 0 radical (unpaired) electrons. The van der Waals surface area contributed by atoms with Gasteiger partial charge < -0.3 is 19.8 Å². The third-order valence-electron chi connectivity index (χ3n) is 5.69. The number of carbonyl (C=O) groups excluding carboxylic acids is 1. The largest absolute Gasteiger partial charge is 0.393 e. The fourth-order valence-corrected chi connectivity index (χ4v) is 3.86. The van der Waals surface area contributed by atoms with Crippen molar-refractivity contribution in [1.82, 2.24) is 4.90 Å². The Labute approximate surface area is 171 Å². The lowest BCUT2D eigenvalue weighted by atomic mass is 9.89. The van der Waals surface area contributed by atoms with Gasteiger partial charge in [-0.05, 0) is 31.6 Å². The first-order valence-corrected chi connectivity index (χ1v) is 10.8. The van der Waals surface area contributed by atoms with E-state index in [9.17, 15) is 15.0 Å². The molecule has 0 aromatic heterocycles. The van der Waals surface area contributed by atoms with Crippen LogP contribution in [-0.4, -0.2) is 60.5 Å². The number of carbonyl (C=O) groups is 1. The maximum Gasteiger partial charge on any atom is 0.222 e. The Bertz CT molecular complexity index is 489. The average molecular weight is 396 g/mol. The fraction of sp³-hybridized carbons (Fsp3) is 0.783. The molecule has 162 valence electrons. The molecule has 0 aliphatic heterocycles. The number of ether oxygens (including phenoxy) is 1. The van der Waals surface area contributed by atoms with E-state index in [1.807, 2.05) is 6.08 Å². The molecule has 28 heavy (non-hydrogen) atoms. The van der Waals surface area contributed by atoms with Crippen LogP contribution in [0.2, 0.25) is 0 Å². The van der Waals surface area contributed by atoms with Crippen LogP contribution in [0.1, 0.15) is 64.7 Å². The van der Waals surface area contributed by atoms with Crippen LogP contribution in [0.4, 0.5) is 0 Å². The first-order valence-electron chi connectivity index (χ1n) is 10.8. The van der Waals surface area contributed by atoms with Crippen LogP contribution in [-0.2, 0) is 9.53 Å².